The molecular formula is C17H16ClNO2S. The van der Waals surface area contributed by atoms with Crippen molar-refractivity contribution in [2.45, 2.75) is 4.90 Å². The van der Waals surface area contributed by atoms with E-state index in [1.807, 2.05) is 30.5 Å². The smallest absolute Gasteiger partial charge is 0.248 e. The quantitative estimate of drug-likeness (QED) is 0.635. The Morgan fingerprint density at radius 3 is 2.59 bits per heavy atom. The zero-order valence-electron chi connectivity index (χ0n) is 12.3. The van der Waals surface area contributed by atoms with Gasteiger partial charge in [0.05, 0.1) is 12.8 Å². The lowest BCUT2D eigenvalue weighted by molar-refractivity contribution is -0.111. The Hall–Kier alpha value is -1.91. The molecule has 5 heteroatoms. The first-order chi connectivity index (χ1) is 10.6. The highest BCUT2D eigenvalue weighted by Crippen LogP contribution is 2.27. The van der Waals surface area contributed by atoms with Gasteiger partial charge in [-0.15, -0.1) is 11.8 Å². The predicted molar refractivity (Wildman–Crippen MR) is 93.9 cm³/mol. The second-order valence-electron chi connectivity index (χ2n) is 4.44. The van der Waals surface area contributed by atoms with E-state index in [-0.39, 0.29) is 5.91 Å². The molecule has 0 aliphatic heterocycles. The fourth-order valence-electron chi connectivity index (χ4n) is 1.84. The molecule has 0 spiro atoms. The lowest BCUT2D eigenvalue weighted by Crippen LogP contribution is -2.08. The van der Waals surface area contributed by atoms with Gasteiger partial charge in [-0.1, -0.05) is 23.7 Å². The highest BCUT2D eigenvalue weighted by Gasteiger charge is 2.06. The molecule has 2 aromatic carbocycles. The summed E-state index contributed by atoms with van der Waals surface area (Å²) >= 11 is 7.61. The number of amides is 1. The molecule has 1 amide bonds. The van der Waals surface area contributed by atoms with E-state index in [4.69, 9.17) is 16.3 Å². The van der Waals surface area contributed by atoms with Crippen LogP contribution >= 0.6 is 23.4 Å². The third kappa shape index (κ3) is 4.55. The first-order valence-corrected chi connectivity index (χ1v) is 8.19. The molecule has 2 aromatic rings. The number of ether oxygens (including phenoxy) is 1. The molecule has 114 valence electrons. The number of anilines is 1. The normalized spacial score (nSPS) is 10.7. The number of carbonyl (C=O) groups excluding carboxylic acids is 1. The lowest BCUT2D eigenvalue weighted by Gasteiger charge is -2.08. The molecular weight excluding hydrogens is 318 g/mol. The fraction of sp³-hybridized carbons (Fsp3) is 0.118. The highest BCUT2D eigenvalue weighted by atomic mass is 35.5. The van der Waals surface area contributed by atoms with Crippen LogP contribution < -0.4 is 10.1 Å². The van der Waals surface area contributed by atoms with Gasteiger partial charge in [-0.25, -0.2) is 0 Å². The third-order valence-corrected chi connectivity index (χ3v) is 3.94. The summed E-state index contributed by atoms with van der Waals surface area (Å²) in [5.41, 5.74) is 1.51. The van der Waals surface area contributed by atoms with Gasteiger partial charge in [-0.05, 0) is 48.2 Å². The Morgan fingerprint density at radius 2 is 1.95 bits per heavy atom. The molecule has 1 N–H and O–H groups in total. The highest BCUT2D eigenvalue weighted by molar-refractivity contribution is 7.98. The average molecular weight is 334 g/mol. The monoisotopic (exact) mass is 333 g/mol. The van der Waals surface area contributed by atoms with E-state index in [0.717, 1.165) is 5.56 Å². The maximum Gasteiger partial charge on any atom is 0.248 e. The van der Waals surface area contributed by atoms with Crippen LogP contribution in [0.3, 0.4) is 0 Å². The first-order valence-electron chi connectivity index (χ1n) is 6.59. The maximum atomic E-state index is 12.0. The van der Waals surface area contributed by atoms with Crippen molar-refractivity contribution in [2.24, 2.45) is 0 Å². The van der Waals surface area contributed by atoms with Crippen LogP contribution in [0.25, 0.3) is 6.08 Å². The molecule has 0 atom stereocenters. The number of hydrogen-bond donors (Lipinski definition) is 1. The predicted octanol–water partition coefficient (Wildman–Crippen LogP) is 4.72. The molecule has 0 aliphatic carbocycles. The summed E-state index contributed by atoms with van der Waals surface area (Å²) < 4.78 is 5.19. The fourth-order valence-corrected chi connectivity index (χ4v) is 2.42. The molecule has 3 nitrogen and oxygen atoms in total. The van der Waals surface area contributed by atoms with Gasteiger partial charge >= 0.3 is 0 Å². The minimum atomic E-state index is -0.241. The molecule has 0 aliphatic rings. The second kappa shape index (κ2) is 7.92. The topological polar surface area (TPSA) is 38.3 Å². The van der Waals surface area contributed by atoms with Crippen LogP contribution in [-0.4, -0.2) is 19.3 Å². The van der Waals surface area contributed by atoms with Crippen molar-refractivity contribution in [1.29, 1.82) is 0 Å². The van der Waals surface area contributed by atoms with Gasteiger partial charge in [0, 0.05) is 16.0 Å². The van der Waals surface area contributed by atoms with Crippen molar-refractivity contribution < 1.29 is 9.53 Å². The van der Waals surface area contributed by atoms with Gasteiger partial charge < -0.3 is 10.1 Å². The van der Waals surface area contributed by atoms with Crippen LogP contribution in [-0.2, 0) is 4.79 Å². The molecule has 0 heterocycles. The summed E-state index contributed by atoms with van der Waals surface area (Å²) in [7, 11) is 1.54. The Bertz CT molecular complexity index is 684. The standard InChI is InChI=1S/C17H16ClNO2S/c1-21-16-9-6-13(18)11-15(16)19-17(20)10-5-12-3-7-14(22-2)8-4-12/h3-11H,1-2H3,(H,19,20)/b10-5+. The Labute approximate surface area is 139 Å². The van der Waals surface area contributed by atoms with Crippen molar-refractivity contribution >= 4 is 41.0 Å². The van der Waals surface area contributed by atoms with E-state index in [2.05, 4.69) is 5.32 Å². The minimum Gasteiger partial charge on any atom is -0.495 e. The largest absolute Gasteiger partial charge is 0.495 e. The molecule has 0 bridgehead atoms. The van der Waals surface area contributed by atoms with Crippen LogP contribution in [0.4, 0.5) is 5.69 Å². The van der Waals surface area contributed by atoms with E-state index in [1.54, 1.807) is 43.1 Å². The van der Waals surface area contributed by atoms with Gasteiger partial charge in [0.25, 0.3) is 0 Å². The second-order valence-corrected chi connectivity index (χ2v) is 5.76. The zero-order chi connectivity index (χ0) is 15.9. The van der Waals surface area contributed by atoms with Crippen molar-refractivity contribution in [1.82, 2.24) is 0 Å². The van der Waals surface area contributed by atoms with E-state index >= 15 is 0 Å². The van der Waals surface area contributed by atoms with E-state index < -0.39 is 0 Å². The summed E-state index contributed by atoms with van der Waals surface area (Å²) in [6, 6.07) is 13.0. The maximum absolute atomic E-state index is 12.0. The van der Waals surface area contributed by atoms with Gasteiger partial charge in [0.1, 0.15) is 5.75 Å². The summed E-state index contributed by atoms with van der Waals surface area (Å²) in [5, 5.41) is 3.29. The summed E-state index contributed by atoms with van der Waals surface area (Å²) in [6.45, 7) is 0. The number of methoxy groups -OCH3 is 1. The van der Waals surface area contributed by atoms with Crippen molar-refractivity contribution in [3.63, 3.8) is 0 Å². The SMILES string of the molecule is COc1ccc(Cl)cc1NC(=O)/C=C/c1ccc(SC)cc1. The van der Waals surface area contributed by atoms with Crippen LogP contribution in [0.5, 0.6) is 5.75 Å². The third-order valence-electron chi connectivity index (χ3n) is 2.96. The Morgan fingerprint density at radius 1 is 1.23 bits per heavy atom. The van der Waals surface area contributed by atoms with Crippen molar-refractivity contribution in [2.75, 3.05) is 18.7 Å². The number of hydrogen-bond acceptors (Lipinski definition) is 3. The first kappa shape index (κ1) is 16.5. The van der Waals surface area contributed by atoms with Crippen LogP contribution in [0.15, 0.2) is 53.4 Å². The van der Waals surface area contributed by atoms with Crippen LogP contribution in [0.2, 0.25) is 5.02 Å². The van der Waals surface area contributed by atoms with E-state index in [9.17, 15) is 4.79 Å². The number of rotatable bonds is 5. The molecule has 0 unspecified atom stereocenters. The molecule has 0 saturated heterocycles. The molecule has 0 fully saturated rings. The summed E-state index contributed by atoms with van der Waals surface area (Å²) in [6.07, 6.45) is 5.27. The number of thioether (sulfide) groups is 1. The van der Waals surface area contributed by atoms with Gasteiger partial charge in [-0.2, -0.15) is 0 Å². The molecule has 0 radical (unpaired) electrons. The molecule has 2 rings (SSSR count). The van der Waals surface area contributed by atoms with Gasteiger partial charge in [0.2, 0.25) is 5.91 Å². The molecule has 0 aromatic heterocycles. The Balaban J connectivity index is 2.06. The number of halogens is 1. The van der Waals surface area contributed by atoms with Gasteiger partial charge in [-0.3, -0.25) is 4.79 Å². The average Bonchev–Trinajstić information content (AvgIpc) is 2.53. The minimum absolute atomic E-state index is 0.241. The number of nitrogens with one attached hydrogen (secondary N) is 1. The zero-order valence-corrected chi connectivity index (χ0v) is 13.9. The Kier molecular flexibility index (Phi) is 5.92. The van der Waals surface area contributed by atoms with Crippen molar-refractivity contribution in [3.8, 4) is 5.75 Å². The molecule has 0 saturated carbocycles. The number of carbonyl (C=O) groups is 1. The van der Waals surface area contributed by atoms with E-state index in [1.165, 1.54) is 11.0 Å². The van der Waals surface area contributed by atoms with Crippen molar-refractivity contribution in [3.05, 3.63) is 59.1 Å². The van der Waals surface area contributed by atoms with Crippen LogP contribution in [0, 0.1) is 0 Å². The van der Waals surface area contributed by atoms with Crippen LogP contribution in [0.1, 0.15) is 5.56 Å². The summed E-state index contributed by atoms with van der Waals surface area (Å²) in [4.78, 5) is 13.2. The number of benzene rings is 2. The summed E-state index contributed by atoms with van der Waals surface area (Å²) in [5.74, 6) is 0.324. The van der Waals surface area contributed by atoms with E-state index in [0.29, 0.717) is 16.5 Å². The lowest BCUT2D eigenvalue weighted by atomic mass is 10.2. The van der Waals surface area contributed by atoms with Gasteiger partial charge in [0.15, 0.2) is 0 Å². The molecule has 22 heavy (non-hydrogen) atoms.